The van der Waals surface area contributed by atoms with E-state index in [1.165, 1.54) is 0 Å². The first kappa shape index (κ1) is 10.0. The Hall–Kier alpha value is 0.0249. The lowest BCUT2D eigenvalue weighted by Crippen LogP contribution is -2.36. The molecular formula is C8H19BN. The number of hydrogen-bond acceptors (Lipinski definition) is 1. The fourth-order valence-corrected chi connectivity index (χ4v) is 0.585. The minimum atomic E-state index is 0.400. The average Bonchev–Trinajstić information content (AvgIpc) is 1.81. The molecule has 0 aromatic rings. The Morgan fingerprint density at radius 2 is 1.90 bits per heavy atom. The number of hydrogen-bond donors (Lipinski definition) is 1. The van der Waals surface area contributed by atoms with Crippen LogP contribution in [0.5, 0.6) is 0 Å². The first-order valence-corrected chi connectivity index (χ1v) is 3.98. The number of nitrogens with one attached hydrogen (secondary N) is 1. The summed E-state index contributed by atoms with van der Waals surface area (Å²) in [5.74, 6) is 0.541. The van der Waals surface area contributed by atoms with E-state index in [2.05, 4.69) is 47.1 Å². The summed E-state index contributed by atoms with van der Waals surface area (Å²) in [6.45, 7) is 12.1. The first-order valence-electron chi connectivity index (χ1n) is 3.98. The molecular weight excluding hydrogens is 121 g/mol. The number of rotatable bonds is 3. The van der Waals surface area contributed by atoms with Crippen molar-refractivity contribution in [1.82, 2.24) is 5.32 Å². The molecule has 1 unspecified atom stereocenters. The maximum absolute atomic E-state index is 3.42. The van der Waals surface area contributed by atoms with Crippen LogP contribution in [0.2, 0.25) is 6.82 Å². The molecule has 0 fully saturated rings. The van der Waals surface area contributed by atoms with Crippen molar-refractivity contribution in [3.05, 3.63) is 0 Å². The van der Waals surface area contributed by atoms with Crippen LogP contribution in [0, 0.1) is 5.41 Å². The van der Waals surface area contributed by atoms with Crippen molar-refractivity contribution in [2.75, 3.05) is 6.54 Å². The Labute approximate surface area is 65.8 Å². The molecule has 59 valence electrons. The van der Waals surface area contributed by atoms with Crippen molar-refractivity contribution in [1.29, 1.82) is 0 Å². The molecule has 2 heteroatoms. The van der Waals surface area contributed by atoms with Gasteiger partial charge in [-0.3, -0.25) is 0 Å². The van der Waals surface area contributed by atoms with Gasteiger partial charge in [-0.2, -0.15) is 0 Å². The zero-order valence-electron chi connectivity index (χ0n) is 7.86. The van der Waals surface area contributed by atoms with Crippen molar-refractivity contribution >= 4 is 7.28 Å². The van der Waals surface area contributed by atoms with E-state index in [1.807, 2.05) is 0 Å². The Kier molecular flexibility index (Phi) is 4.03. The van der Waals surface area contributed by atoms with Gasteiger partial charge in [-0.05, 0) is 17.9 Å². The molecule has 0 rings (SSSR count). The molecule has 10 heavy (non-hydrogen) atoms. The van der Waals surface area contributed by atoms with Gasteiger partial charge < -0.3 is 5.32 Å². The lowest BCUT2D eigenvalue weighted by molar-refractivity contribution is 0.377. The van der Waals surface area contributed by atoms with Crippen molar-refractivity contribution in [2.24, 2.45) is 5.41 Å². The molecule has 1 radical (unpaired) electrons. The summed E-state index contributed by atoms with van der Waals surface area (Å²) in [5, 5.41) is 3.42. The zero-order valence-corrected chi connectivity index (χ0v) is 7.86. The molecule has 0 aliphatic rings. The smallest absolute Gasteiger partial charge is 0.128 e. The average molecular weight is 140 g/mol. The van der Waals surface area contributed by atoms with Gasteiger partial charge in [-0.1, -0.05) is 34.5 Å². The van der Waals surface area contributed by atoms with E-state index in [4.69, 9.17) is 0 Å². The van der Waals surface area contributed by atoms with E-state index in [-0.39, 0.29) is 0 Å². The van der Waals surface area contributed by atoms with Crippen LogP contribution in [0.1, 0.15) is 27.7 Å². The fourth-order valence-electron chi connectivity index (χ4n) is 0.585. The molecule has 0 heterocycles. The van der Waals surface area contributed by atoms with E-state index in [0.717, 1.165) is 6.54 Å². The Balaban J connectivity index is 3.36. The Morgan fingerprint density at radius 1 is 1.40 bits per heavy atom. The van der Waals surface area contributed by atoms with Gasteiger partial charge in [0.05, 0.1) is 0 Å². The molecule has 0 aromatic carbocycles. The normalized spacial score (nSPS) is 14.9. The topological polar surface area (TPSA) is 12.0 Å². The minimum absolute atomic E-state index is 0.400. The van der Waals surface area contributed by atoms with Gasteiger partial charge in [-0.25, -0.2) is 0 Å². The molecule has 0 aliphatic heterocycles. The fraction of sp³-hybridized carbons (Fsp3) is 1.00. The highest BCUT2D eigenvalue weighted by Gasteiger charge is 2.10. The van der Waals surface area contributed by atoms with Crippen LogP contribution in [-0.4, -0.2) is 19.8 Å². The van der Waals surface area contributed by atoms with Crippen molar-refractivity contribution in [2.45, 2.75) is 40.5 Å². The predicted molar refractivity (Wildman–Crippen MR) is 48.5 cm³/mol. The van der Waals surface area contributed by atoms with Crippen LogP contribution in [0.25, 0.3) is 0 Å². The largest absolute Gasteiger partial charge is 0.321 e. The lowest BCUT2D eigenvalue weighted by Gasteiger charge is -2.21. The third-order valence-corrected chi connectivity index (χ3v) is 1.45. The third-order valence-electron chi connectivity index (χ3n) is 1.45. The predicted octanol–water partition coefficient (Wildman–Crippen LogP) is 1.72. The van der Waals surface area contributed by atoms with Crippen molar-refractivity contribution in [3.63, 3.8) is 0 Å². The second kappa shape index (κ2) is 4.02. The maximum Gasteiger partial charge on any atom is 0.128 e. The van der Waals surface area contributed by atoms with E-state index in [9.17, 15) is 0 Å². The monoisotopic (exact) mass is 140 g/mol. The first-order chi connectivity index (χ1) is 4.45. The molecule has 0 spiro atoms. The molecule has 0 aliphatic carbocycles. The summed E-state index contributed by atoms with van der Waals surface area (Å²) in [6, 6.07) is 0. The van der Waals surface area contributed by atoms with Gasteiger partial charge in [-0.15, -0.1) is 0 Å². The summed E-state index contributed by atoms with van der Waals surface area (Å²) >= 11 is 0. The van der Waals surface area contributed by atoms with Crippen LogP contribution < -0.4 is 5.32 Å². The second-order valence-corrected chi connectivity index (χ2v) is 4.06. The van der Waals surface area contributed by atoms with Crippen LogP contribution in [-0.2, 0) is 0 Å². The molecule has 1 nitrogen and oxygen atoms in total. The van der Waals surface area contributed by atoms with Crippen LogP contribution in [0.3, 0.4) is 0 Å². The van der Waals surface area contributed by atoms with Crippen LogP contribution in [0.15, 0.2) is 0 Å². The summed E-state index contributed by atoms with van der Waals surface area (Å²) in [7, 11) is 2.17. The highest BCUT2D eigenvalue weighted by molar-refractivity contribution is 6.35. The van der Waals surface area contributed by atoms with Gasteiger partial charge in [0, 0.05) is 0 Å². The summed E-state index contributed by atoms with van der Waals surface area (Å²) < 4.78 is 0. The zero-order chi connectivity index (χ0) is 8.20. The standard InChI is InChI=1S/C8H19BN/c1-7(9-5)10-6-8(2,3)4/h7,10H,6H2,1-5H3. The summed E-state index contributed by atoms with van der Waals surface area (Å²) in [5.41, 5.74) is 0.400. The van der Waals surface area contributed by atoms with Gasteiger partial charge in [0.2, 0.25) is 0 Å². The van der Waals surface area contributed by atoms with E-state index >= 15 is 0 Å². The quantitative estimate of drug-likeness (QED) is 0.588. The van der Waals surface area contributed by atoms with E-state index < -0.39 is 0 Å². The minimum Gasteiger partial charge on any atom is -0.321 e. The van der Waals surface area contributed by atoms with Gasteiger partial charge in [0.1, 0.15) is 7.28 Å². The maximum atomic E-state index is 3.42. The molecule has 0 amide bonds. The molecule has 0 saturated heterocycles. The van der Waals surface area contributed by atoms with Crippen molar-refractivity contribution in [3.8, 4) is 0 Å². The Bertz CT molecular complexity index is 85.7. The molecule has 1 atom stereocenters. The SMILES string of the molecule is C[B]C(C)NCC(C)(C)C. The Morgan fingerprint density at radius 3 is 2.20 bits per heavy atom. The summed E-state index contributed by atoms with van der Waals surface area (Å²) in [4.78, 5) is 0. The highest BCUT2D eigenvalue weighted by Crippen LogP contribution is 2.10. The highest BCUT2D eigenvalue weighted by atomic mass is 14.9. The second-order valence-electron chi connectivity index (χ2n) is 4.06. The van der Waals surface area contributed by atoms with Gasteiger partial charge in [0.15, 0.2) is 0 Å². The van der Waals surface area contributed by atoms with Crippen LogP contribution in [0.4, 0.5) is 0 Å². The van der Waals surface area contributed by atoms with Gasteiger partial charge >= 0.3 is 0 Å². The molecule has 0 saturated carbocycles. The summed E-state index contributed by atoms with van der Waals surface area (Å²) in [6.07, 6.45) is 0. The molecule has 1 N–H and O–H groups in total. The molecule has 0 bridgehead atoms. The lowest BCUT2D eigenvalue weighted by atomic mass is 9.73. The van der Waals surface area contributed by atoms with E-state index in [0.29, 0.717) is 11.4 Å². The van der Waals surface area contributed by atoms with E-state index in [1.54, 1.807) is 0 Å². The van der Waals surface area contributed by atoms with Gasteiger partial charge in [0.25, 0.3) is 0 Å². The van der Waals surface area contributed by atoms with Crippen molar-refractivity contribution < 1.29 is 0 Å². The van der Waals surface area contributed by atoms with Crippen LogP contribution >= 0.6 is 0 Å². The molecule has 0 aromatic heterocycles. The third kappa shape index (κ3) is 6.15.